The number of aromatic carboxylic acids is 1. The van der Waals surface area contributed by atoms with Crippen LogP contribution in [0.25, 0.3) is 5.57 Å². The van der Waals surface area contributed by atoms with Gasteiger partial charge in [-0.05, 0) is 69.3 Å². The number of fused-ring (bicyclic) bond motifs is 2. The summed E-state index contributed by atoms with van der Waals surface area (Å²) in [4.78, 5) is 32.9. The third-order valence-electron chi connectivity index (χ3n) is 10.5. The number of benzene rings is 2. The highest BCUT2D eigenvalue weighted by Crippen LogP contribution is 2.45. The first-order valence-corrected chi connectivity index (χ1v) is 22.5. The number of amides is 1. The Balaban J connectivity index is 1.21. The number of rotatable bonds is 26. The van der Waals surface area contributed by atoms with E-state index in [-0.39, 0.29) is 42.0 Å². The van der Waals surface area contributed by atoms with Crippen LogP contribution in [0.3, 0.4) is 0 Å². The number of carbonyl (C=O) groups excluding carboxylic acids is 1. The summed E-state index contributed by atoms with van der Waals surface area (Å²) in [6.45, 7) is 2.96. The number of hydrogen-bond acceptors (Lipinski definition) is 8. The molecule has 1 atom stereocenters. The van der Waals surface area contributed by atoms with E-state index < -0.39 is 22.0 Å². The zero-order valence-corrected chi connectivity index (χ0v) is 36.0. The molecule has 0 saturated heterocycles. The molecule has 2 aromatic rings. The molecule has 0 saturated carbocycles. The standard InChI is InChI=1S/C45H64N4O8S/c1-6-7-8-9-15-18-29-58(54,55)56-28-17-14-12-10-11-13-16-19-42(50)46-26-27-47-44(51)33-20-23-36(39(30-33)45(52)53)43-37-24-21-34(48(2)3)31-40(37)57-41-32-35(49(4)5)22-25-38(41)43/h20-25,30-32,34H,6-19,26-29H2,1-5H3,(H,46,50)(H,47,51)(H,52,53)/p+1. The molecule has 1 amide bonds. The molecule has 1 aliphatic carbocycles. The zero-order chi connectivity index (χ0) is 42.1. The molecule has 2 aliphatic rings. The van der Waals surface area contributed by atoms with E-state index in [1.165, 1.54) is 18.9 Å². The van der Waals surface area contributed by atoms with E-state index in [1.54, 1.807) is 12.1 Å². The number of carboxylic acids is 1. The lowest BCUT2D eigenvalue weighted by molar-refractivity contribution is -0.465. The Hall–Kier alpha value is -4.46. The lowest BCUT2D eigenvalue weighted by atomic mass is 9.84. The van der Waals surface area contributed by atoms with E-state index in [2.05, 4.69) is 22.1 Å². The van der Waals surface area contributed by atoms with Crippen molar-refractivity contribution in [1.82, 2.24) is 10.2 Å². The second-order valence-electron chi connectivity index (χ2n) is 15.6. The van der Waals surface area contributed by atoms with Gasteiger partial charge in [-0.1, -0.05) is 89.4 Å². The number of carboxylic acid groups (broad SMARTS) is 1. The first kappa shape index (κ1) is 46.2. The molecular formula is C45H65N4O8S+. The van der Waals surface area contributed by atoms with E-state index in [1.807, 2.05) is 69.5 Å². The molecular weight excluding hydrogens is 757 g/mol. The third kappa shape index (κ3) is 14.1. The summed E-state index contributed by atoms with van der Waals surface area (Å²) in [6.07, 6.45) is 19.3. The van der Waals surface area contributed by atoms with Crippen molar-refractivity contribution in [2.45, 2.75) is 103 Å². The Morgan fingerprint density at radius 1 is 0.862 bits per heavy atom. The summed E-state index contributed by atoms with van der Waals surface area (Å²) in [6, 6.07) is 10.6. The minimum atomic E-state index is -3.42. The van der Waals surface area contributed by atoms with Crippen LogP contribution in [0.2, 0.25) is 0 Å². The van der Waals surface area contributed by atoms with Crippen molar-refractivity contribution in [1.29, 1.82) is 0 Å². The Morgan fingerprint density at radius 3 is 2.22 bits per heavy atom. The number of nitrogens with zero attached hydrogens (tertiary/aromatic N) is 2. The molecule has 13 heteroatoms. The van der Waals surface area contributed by atoms with E-state index in [4.69, 9.17) is 8.92 Å². The summed E-state index contributed by atoms with van der Waals surface area (Å²) in [7, 11) is 4.44. The highest BCUT2D eigenvalue weighted by Gasteiger charge is 2.30. The molecule has 2 aromatic carbocycles. The molecule has 0 aromatic heterocycles. The molecule has 318 valence electrons. The Labute approximate surface area is 345 Å². The van der Waals surface area contributed by atoms with Crippen LogP contribution in [0, 0.1) is 0 Å². The van der Waals surface area contributed by atoms with Crippen molar-refractivity contribution in [3.63, 3.8) is 0 Å². The van der Waals surface area contributed by atoms with Gasteiger partial charge in [0.15, 0.2) is 6.54 Å². The second kappa shape index (κ2) is 23.2. The van der Waals surface area contributed by atoms with Crippen LogP contribution < -0.4 is 19.9 Å². The molecule has 4 rings (SSSR count). The number of aliphatic hydroxyl groups is 1. The van der Waals surface area contributed by atoms with E-state index in [0.717, 1.165) is 86.6 Å². The van der Waals surface area contributed by atoms with Gasteiger partial charge >= 0.3 is 11.9 Å². The minimum Gasteiger partial charge on any atom is -0.478 e. The predicted octanol–water partition coefficient (Wildman–Crippen LogP) is 6.62. The van der Waals surface area contributed by atoms with Crippen LogP contribution >= 0.6 is 0 Å². The second-order valence-corrected chi connectivity index (χ2v) is 17.3. The van der Waals surface area contributed by atoms with Crippen molar-refractivity contribution in [2.75, 3.05) is 58.5 Å². The maximum absolute atomic E-state index is 13.2. The third-order valence-corrected chi connectivity index (χ3v) is 11.8. The van der Waals surface area contributed by atoms with E-state index in [0.29, 0.717) is 36.5 Å². The van der Waals surface area contributed by atoms with Gasteiger partial charge in [0.05, 0.1) is 30.9 Å². The van der Waals surface area contributed by atoms with Gasteiger partial charge in [0.2, 0.25) is 0 Å². The van der Waals surface area contributed by atoms with Crippen LogP contribution in [0.1, 0.15) is 129 Å². The van der Waals surface area contributed by atoms with Crippen molar-refractivity contribution in [2.24, 2.45) is 0 Å². The first-order chi connectivity index (χ1) is 27.8. The summed E-state index contributed by atoms with van der Waals surface area (Å²) in [5.41, 5.74) is 3.91. The number of likely N-dealkylation sites (N-methyl/N-ethyl adjacent to an activating group) is 1. The SMILES string of the molecule is CCCCCCCCS(=O)(=O)OCCCCCCCCCC(O)=[NH+]CCNC(=O)c1ccc(C2=C3C=CC(N(C)C)C=C3Oc3cc(N(C)C)ccc32)c(C(=O)O)c1. The molecule has 12 nitrogen and oxygen atoms in total. The largest absolute Gasteiger partial charge is 0.478 e. The number of ether oxygens (including phenoxy) is 1. The predicted molar refractivity (Wildman–Crippen MR) is 231 cm³/mol. The number of carbonyl (C=O) groups is 2. The van der Waals surface area contributed by atoms with Gasteiger partial charge < -0.3 is 25.2 Å². The van der Waals surface area contributed by atoms with E-state index >= 15 is 0 Å². The summed E-state index contributed by atoms with van der Waals surface area (Å²) < 4.78 is 35.7. The number of allylic oxidation sites excluding steroid dienone is 1. The maximum atomic E-state index is 13.2. The number of nitrogens with one attached hydrogen (secondary N) is 2. The minimum absolute atomic E-state index is 0.00447. The fraction of sp³-hybridized carbons (Fsp3) is 0.533. The first-order valence-electron chi connectivity index (χ1n) is 20.9. The normalized spacial score (nSPS) is 15.2. The lowest BCUT2D eigenvalue weighted by Gasteiger charge is -2.31. The summed E-state index contributed by atoms with van der Waals surface area (Å²) in [5, 5.41) is 23.5. The quantitative estimate of drug-likeness (QED) is 0.0352. The van der Waals surface area contributed by atoms with Crippen LogP contribution in [0.15, 0.2) is 66.0 Å². The number of aliphatic hydroxyl groups excluding tert-OH is 1. The molecule has 0 bridgehead atoms. The fourth-order valence-corrected chi connectivity index (χ4v) is 8.11. The Bertz CT molecular complexity index is 1930. The number of unbranched alkanes of at least 4 members (excludes halogenated alkanes) is 11. The van der Waals surface area contributed by atoms with Crippen molar-refractivity contribution >= 4 is 39.2 Å². The molecule has 0 spiro atoms. The average Bonchev–Trinajstić information content (AvgIpc) is 3.19. The van der Waals surface area contributed by atoms with Gasteiger partial charge in [-0.3, -0.25) is 13.9 Å². The van der Waals surface area contributed by atoms with Crippen molar-refractivity contribution < 1.29 is 42.1 Å². The number of hydrogen-bond donors (Lipinski definition) is 4. The Kier molecular flexibility index (Phi) is 18.5. The monoisotopic (exact) mass is 821 g/mol. The lowest BCUT2D eigenvalue weighted by Crippen LogP contribution is -2.75. The van der Waals surface area contributed by atoms with Gasteiger partial charge in [-0.25, -0.2) is 9.79 Å². The van der Waals surface area contributed by atoms with Crippen molar-refractivity contribution in [3.8, 4) is 5.75 Å². The molecule has 58 heavy (non-hydrogen) atoms. The van der Waals surface area contributed by atoms with Crippen LogP contribution in [-0.2, 0) is 14.3 Å². The maximum Gasteiger partial charge on any atom is 0.336 e. The molecule has 4 N–H and O–H groups in total. The molecule has 1 aliphatic heterocycles. The molecule has 1 unspecified atom stereocenters. The fourth-order valence-electron chi connectivity index (χ4n) is 7.06. The average molecular weight is 822 g/mol. The van der Waals surface area contributed by atoms with Gasteiger partial charge in [-0.15, -0.1) is 0 Å². The highest BCUT2D eigenvalue weighted by atomic mass is 32.2. The number of anilines is 1. The van der Waals surface area contributed by atoms with Gasteiger partial charge in [0.1, 0.15) is 11.5 Å². The summed E-state index contributed by atoms with van der Waals surface area (Å²) in [5.74, 6) is -0.0176. The van der Waals surface area contributed by atoms with Gasteiger partial charge in [0.25, 0.3) is 16.0 Å². The Morgan fingerprint density at radius 2 is 1.53 bits per heavy atom. The van der Waals surface area contributed by atoms with Crippen LogP contribution in [0.4, 0.5) is 5.69 Å². The topological polar surface area (TPSA) is 160 Å². The van der Waals surface area contributed by atoms with E-state index in [9.17, 15) is 28.2 Å². The summed E-state index contributed by atoms with van der Waals surface area (Å²) >= 11 is 0. The molecule has 0 fully saturated rings. The smallest absolute Gasteiger partial charge is 0.336 e. The van der Waals surface area contributed by atoms with Crippen molar-refractivity contribution in [3.05, 3.63) is 88.2 Å². The van der Waals surface area contributed by atoms with Gasteiger partial charge in [0, 0.05) is 54.2 Å². The zero-order valence-electron chi connectivity index (χ0n) is 35.1. The molecule has 0 radical (unpaired) electrons. The van der Waals surface area contributed by atoms with Gasteiger partial charge in [-0.2, -0.15) is 8.42 Å². The molecule has 1 heterocycles. The van der Waals surface area contributed by atoms with Crippen LogP contribution in [-0.4, -0.2) is 101 Å². The van der Waals surface area contributed by atoms with Crippen LogP contribution in [0.5, 0.6) is 5.75 Å². The highest BCUT2D eigenvalue weighted by molar-refractivity contribution is 7.86.